The highest BCUT2D eigenvalue weighted by Crippen LogP contribution is 2.36. The average molecular weight is 287 g/mol. The molecule has 2 aliphatic rings. The molecule has 2 aliphatic heterocycles. The molecule has 0 aromatic heterocycles. The average Bonchev–Trinajstić information content (AvgIpc) is 2.31. The largest absolute Gasteiger partial charge is 0.381 e. The van der Waals surface area contributed by atoms with E-state index in [9.17, 15) is 4.39 Å². The summed E-state index contributed by atoms with van der Waals surface area (Å²) in [5.41, 5.74) is 1.94. The molecule has 0 aliphatic carbocycles. The minimum Gasteiger partial charge on any atom is -0.381 e. The summed E-state index contributed by atoms with van der Waals surface area (Å²) in [6.07, 6.45) is 0. The molecule has 3 rings (SSSR count). The topological polar surface area (TPSA) is 24.5 Å². The zero-order valence-electron chi connectivity index (χ0n) is 8.67. The summed E-state index contributed by atoms with van der Waals surface area (Å²) in [5.74, 6) is -0.224. The molecule has 0 saturated carbocycles. The van der Waals surface area contributed by atoms with Crippen LogP contribution >= 0.6 is 15.9 Å². The summed E-state index contributed by atoms with van der Waals surface area (Å²) in [6, 6.07) is 3.75. The van der Waals surface area contributed by atoms with Crippen molar-refractivity contribution in [2.45, 2.75) is 6.04 Å². The van der Waals surface area contributed by atoms with Crippen LogP contribution in [0.4, 0.5) is 15.8 Å². The normalized spacial score (nSPS) is 23.4. The molecule has 0 amide bonds. The number of fused-ring (bicyclic) bond motifs is 3. The third-order valence-electron chi connectivity index (χ3n) is 3.10. The van der Waals surface area contributed by atoms with Crippen LogP contribution in [0.5, 0.6) is 0 Å². The van der Waals surface area contributed by atoms with Crippen molar-refractivity contribution in [2.24, 2.45) is 0 Å². The van der Waals surface area contributed by atoms with Gasteiger partial charge in [0, 0.05) is 19.2 Å². The SMILES string of the molecule is Fc1cc2c(cc1Br)N1CCOCC1CN2. The van der Waals surface area contributed by atoms with Crippen LogP contribution in [0, 0.1) is 5.82 Å². The van der Waals surface area contributed by atoms with Crippen LogP contribution < -0.4 is 10.2 Å². The molecule has 1 aromatic carbocycles. The molecule has 2 heterocycles. The first-order valence-electron chi connectivity index (χ1n) is 5.33. The minimum absolute atomic E-state index is 0.224. The lowest BCUT2D eigenvalue weighted by molar-refractivity contribution is 0.0964. The van der Waals surface area contributed by atoms with Gasteiger partial charge in [-0.05, 0) is 22.0 Å². The van der Waals surface area contributed by atoms with E-state index < -0.39 is 0 Å². The summed E-state index contributed by atoms with van der Waals surface area (Å²) in [5, 5.41) is 3.25. The van der Waals surface area contributed by atoms with Crippen molar-refractivity contribution in [2.75, 3.05) is 36.5 Å². The van der Waals surface area contributed by atoms with Crippen molar-refractivity contribution in [3.05, 3.63) is 22.4 Å². The fraction of sp³-hybridized carbons (Fsp3) is 0.455. The van der Waals surface area contributed by atoms with E-state index in [1.807, 2.05) is 6.07 Å². The monoisotopic (exact) mass is 286 g/mol. The second-order valence-electron chi connectivity index (χ2n) is 4.09. The zero-order chi connectivity index (χ0) is 11.1. The quantitative estimate of drug-likeness (QED) is 0.792. The molecule has 0 bridgehead atoms. The van der Waals surface area contributed by atoms with Gasteiger partial charge in [0.2, 0.25) is 0 Å². The highest BCUT2D eigenvalue weighted by molar-refractivity contribution is 9.10. The van der Waals surface area contributed by atoms with E-state index in [2.05, 4.69) is 26.1 Å². The third kappa shape index (κ3) is 1.58. The van der Waals surface area contributed by atoms with Gasteiger partial charge >= 0.3 is 0 Å². The molecule has 3 nitrogen and oxygen atoms in total. The molecular formula is C11H12BrFN2O. The number of anilines is 2. The van der Waals surface area contributed by atoms with E-state index in [1.165, 1.54) is 0 Å². The van der Waals surface area contributed by atoms with Gasteiger partial charge < -0.3 is 15.0 Å². The van der Waals surface area contributed by atoms with E-state index in [0.29, 0.717) is 10.5 Å². The number of ether oxygens (including phenoxy) is 1. The number of hydrogen-bond acceptors (Lipinski definition) is 3. The van der Waals surface area contributed by atoms with Gasteiger partial charge in [0.05, 0.1) is 35.1 Å². The Kier molecular flexibility index (Phi) is 2.52. The Morgan fingerprint density at radius 2 is 2.38 bits per heavy atom. The van der Waals surface area contributed by atoms with Crippen LogP contribution in [0.2, 0.25) is 0 Å². The number of nitrogens with zero attached hydrogens (tertiary/aromatic N) is 1. The van der Waals surface area contributed by atoms with Crippen LogP contribution in [0.25, 0.3) is 0 Å². The third-order valence-corrected chi connectivity index (χ3v) is 3.71. The van der Waals surface area contributed by atoms with Crippen LogP contribution in [-0.2, 0) is 4.74 Å². The number of halogens is 2. The Bertz CT molecular complexity index is 427. The second kappa shape index (κ2) is 3.89. The number of rotatable bonds is 0. The maximum absolute atomic E-state index is 13.4. The number of morpholine rings is 1. The van der Waals surface area contributed by atoms with Crippen molar-refractivity contribution in [3.8, 4) is 0 Å². The smallest absolute Gasteiger partial charge is 0.139 e. The fourth-order valence-electron chi connectivity index (χ4n) is 2.28. The van der Waals surface area contributed by atoms with Gasteiger partial charge in [-0.2, -0.15) is 0 Å². The van der Waals surface area contributed by atoms with Crippen molar-refractivity contribution < 1.29 is 9.13 Å². The van der Waals surface area contributed by atoms with E-state index in [4.69, 9.17) is 4.74 Å². The molecular weight excluding hydrogens is 275 g/mol. The Hall–Kier alpha value is -0.810. The van der Waals surface area contributed by atoms with Gasteiger partial charge in [-0.3, -0.25) is 0 Å². The maximum atomic E-state index is 13.4. The van der Waals surface area contributed by atoms with Crippen LogP contribution in [0.1, 0.15) is 0 Å². The van der Waals surface area contributed by atoms with Gasteiger partial charge in [-0.1, -0.05) is 0 Å². The zero-order valence-corrected chi connectivity index (χ0v) is 10.3. The molecule has 1 aromatic rings. The first-order valence-corrected chi connectivity index (χ1v) is 6.12. The van der Waals surface area contributed by atoms with Gasteiger partial charge in [-0.15, -0.1) is 0 Å². The van der Waals surface area contributed by atoms with Crippen molar-refractivity contribution >= 4 is 27.3 Å². The molecule has 86 valence electrons. The lowest BCUT2D eigenvalue weighted by Gasteiger charge is -2.42. The highest BCUT2D eigenvalue weighted by Gasteiger charge is 2.29. The van der Waals surface area contributed by atoms with Crippen LogP contribution in [0.15, 0.2) is 16.6 Å². The molecule has 16 heavy (non-hydrogen) atoms. The summed E-state index contributed by atoms with van der Waals surface area (Å²) in [7, 11) is 0. The van der Waals surface area contributed by atoms with E-state index in [0.717, 1.165) is 37.7 Å². The van der Waals surface area contributed by atoms with E-state index >= 15 is 0 Å². The summed E-state index contributed by atoms with van der Waals surface area (Å²) >= 11 is 3.23. The molecule has 1 fully saturated rings. The van der Waals surface area contributed by atoms with Crippen LogP contribution in [-0.4, -0.2) is 32.3 Å². The van der Waals surface area contributed by atoms with Crippen LogP contribution in [0.3, 0.4) is 0 Å². The Morgan fingerprint density at radius 3 is 3.25 bits per heavy atom. The van der Waals surface area contributed by atoms with Gasteiger partial charge in [0.1, 0.15) is 5.82 Å². The molecule has 1 saturated heterocycles. The number of benzene rings is 1. The molecule has 1 atom stereocenters. The van der Waals surface area contributed by atoms with Gasteiger partial charge in [-0.25, -0.2) is 4.39 Å². The lowest BCUT2D eigenvalue weighted by Crippen LogP contribution is -2.51. The first-order chi connectivity index (χ1) is 7.75. The minimum atomic E-state index is -0.224. The van der Waals surface area contributed by atoms with Gasteiger partial charge in [0.25, 0.3) is 0 Å². The van der Waals surface area contributed by atoms with Crippen molar-refractivity contribution in [1.82, 2.24) is 0 Å². The Balaban J connectivity index is 2.04. The Morgan fingerprint density at radius 1 is 1.50 bits per heavy atom. The number of nitrogens with one attached hydrogen (secondary N) is 1. The van der Waals surface area contributed by atoms with Gasteiger partial charge in [0.15, 0.2) is 0 Å². The first kappa shape index (κ1) is 10.4. The lowest BCUT2D eigenvalue weighted by atomic mass is 10.1. The highest BCUT2D eigenvalue weighted by atomic mass is 79.9. The summed E-state index contributed by atoms with van der Waals surface area (Å²) in [6.45, 7) is 3.16. The van der Waals surface area contributed by atoms with Crippen molar-refractivity contribution in [3.63, 3.8) is 0 Å². The molecule has 5 heteroatoms. The van der Waals surface area contributed by atoms with E-state index in [1.54, 1.807) is 6.07 Å². The predicted octanol–water partition coefficient (Wildman–Crippen LogP) is 2.22. The molecule has 1 N–H and O–H groups in total. The van der Waals surface area contributed by atoms with E-state index in [-0.39, 0.29) is 5.82 Å². The summed E-state index contributed by atoms with van der Waals surface area (Å²) in [4.78, 5) is 2.29. The fourth-order valence-corrected chi connectivity index (χ4v) is 2.62. The summed E-state index contributed by atoms with van der Waals surface area (Å²) < 4.78 is 19.4. The standard InChI is InChI=1S/C11H12BrFN2O/c12-8-3-11-10(4-9(8)13)14-5-7-6-16-2-1-15(7)11/h3-4,7,14H,1-2,5-6H2. The number of hydrogen-bond donors (Lipinski definition) is 1. The molecule has 0 radical (unpaired) electrons. The molecule has 1 unspecified atom stereocenters. The molecule has 0 spiro atoms. The predicted molar refractivity (Wildman–Crippen MR) is 64.5 cm³/mol. The maximum Gasteiger partial charge on any atom is 0.139 e. The van der Waals surface area contributed by atoms with Crippen molar-refractivity contribution in [1.29, 1.82) is 0 Å². The second-order valence-corrected chi connectivity index (χ2v) is 4.94. The Labute approximate surface area is 102 Å².